The maximum Gasteiger partial charge on any atom is 0.262 e. The van der Waals surface area contributed by atoms with E-state index < -0.39 is 10.0 Å². The largest absolute Gasteiger partial charge is 0.504 e. The molecule has 1 heterocycles. The Labute approximate surface area is 199 Å². The number of hydrogen-bond donors (Lipinski definition) is 2. The fourth-order valence-corrected chi connectivity index (χ4v) is 4.68. The van der Waals surface area contributed by atoms with E-state index in [1.165, 1.54) is 18.2 Å². The third-order valence-corrected chi connectivity index (χ3v) is 7.04. The molecular weight excluding hydrogens is 512 g/mol. The van der Waals surface area contributed by atoms with Gasteiger partial charge in [0.15, 0.2) is 5.75 Å². The molecule has 3 aromatic carbocycles. The normalized spacial score (nSPS) is 11.8. The van der Waals surface area contributed by atoms with Crippen LogP contribution >= 0.6 is 27.5 Å². The molecule has 0 bridgehead atoms. The van der Waals surface area contributed by atoms with Gasteiger partial charge in [-0.05, 0) is 61.0 Å². The van der Waals surface area contributed by atoms with E-state index >= 15 is 0 Å². The van der Waals surface area contributed by atoms with Crippen molar-refractivity contribution >= 4 is 66.3 Å². The standard InChI is InChI=1S/C24H18BrClN2O3S/c1-15-2-11-19(12-3-15)32(30,31)28-22-14-21(26)20-13-10-18(27-23(20)24(22)29)9-6-16-4-7-17(25)8-5-16/h2-14,28-29H,1H3/b9-6+. The number of halogens is 2. The molecule has 0 aliphatic carbocycles. The summed E-state index contributed by atoms with van der Waals surface area (Å²) in [6, 6.07) is 19.1. The molecule has 162 valence electrons. The number of anilines is 1. The number of phenols is 1. The van der Waals surface area contributed by atoms with Crippen LogP contribution in [0.3, 0.4) is 0 Å². The van der Waals surface area contributed by atoms with Crippen molar-refractivity contribution < 1.29 is 13.5 Å². The van der Waals surface area contributed by atoms with Crippen LogP contribution in [0.5, 0.6) is 5.75 Å². The van der Waals surface area contributed by atoms with Gasteiger partial charge in [-0.2, -0.15) is 0 Å². The number of benzene rings is 3. The zero-order valence-electron chi connectivity index (χ0n) is 16.9. The zero-order valence-corrected chi connectivity index (χ0v) is 20.0. The Morgan fingerprint density at radius 1 is 1.00 bits per heavy atom. The Kier molecular flexibility index (Phi) is 6.24. The lowest BCUT2D eigenvalue weighted by Gasteiger charge is -2.13. The lowest BCUT2D eigenvalue weighted by Crippen LogP contribution is -2.13. The fourth-order valence-electron chi connectivity index (χ4n) is 3.10. The quantitative estimate of drug-likeness (QED) is 0.284. The highest BCUT2D eigenvalue weighted by Gasteiger charge is 2.19. The number of aromatic nitrogens is 1. The number of fused-ring (bicyclic) bond motifs is 1. The van der Waals surface area contributed by atoms with E-state index in [2.05, 4.69) is 25.6 Å². The number of aromatic hydroxyl groups is 1. The molecule has 32 heavy (non-hydrogen) atoms. The Morgan fingerprint density at radius 2 is 1.69 bits per heavy atom. The molecular formula is C24H18BrClN2O3S. The number of phenolic OH excluding ortho intramolecular Hbond substituents is 1. The van der Waals surface area contributed by atoms with Crippen LogP contribution in [0.2, 0.25) is 5.02 Å². The maximum absolute atomic E-state index is 12.8. The number of sulfonamides is 1. The third kappa shape index (κ3) is 4.80. The molecule has 2 N–H and O–H groups in total. The van der Waals surface area contributed by atoms with Gasteiger partial charge in [0.1, 0.15) is 5.52 Å². The second kappa shape index (κ2) is 8.94. The molecule has 0 unspecified atom stereocenters. The van der Waals surface area contributed by atoms with Crippen LogP contribution in [0.25, 0.3) is 23.1 Å². The highest BCUT2D eigenvalue weighted by molar-refractivity contribution is 9.10. The fraction of sp³-hybridized carbons (Fsp3) is 0.0417. The van der Waals surface area contributed by atoms with Gasteiger partial charge in [0, 0.05) is 9.86 Å². The Hall–Kier alpha value is -2.87. The summed E-state index contributed by atoms with van der Waals surface area (Å²) in [5.74, 6) is -0.293. The molecule has 0 amide bonds. The third-order valence-electron chi connectivity index (χ3n) is 4.82. The number of rotatable bonds is 5. The monoisotopic (exact) mass is 528 g/mol. The van der Waals surface area contributed by atoms with Crippen molar-refractivity contribution in [2.24, 2.45) is 0 Å². The molecule has 4 rings (SSSR count). The van der Waals surface area contributed by atoms with E-state index in [4.69, 9.17) is 11.6 Å². The number of nitrogens with one attached hydrogen (secondary N) is 1. The summed E-state index contributed by atoms with van der Waals surface area (Å²) in [7, 11) is -3.91. The van der Waals surface area contributed by atoms with Gasteiger partial charge in [-0.1, -0.05) is 63.4 Å². The van der Waals surface area contributed by atoms with Gasteiger partial charge in [0.2, 0.25) is 0 Å². The molecule has 0 fully saturated rings. The molecule has 8 heteroatoms. The van der Waals surface area contributed by atoms with E-state index in [1.54, 1.807) is 30.3 Å². The number of pyridine rings is 1. The van der Waals surface area contributed by atoms with Crippen molar-refractivity contribution in [1.82, 2.24) is 4.98 Å². The van der Waals surface area contributed by atoms with Gasteiger partial charge in [-0.3, -0.25) is 4.72 Å². The van der Waals surface area contributed by atoms with E-state index in [0.717, 1.165) is 15.6 Å². The molecule has 0 atom stereocenters. The SMILES string of the molecule is Cc1ccc(S(=O)(=O)Nc2cc(Cl)c3ccc(/C=C/c4ccc(Br)cc4)nc3c2O)cc1. The smallest absolute Gasteiger partial charge is 0.262 e. The molecule has 1 aromatic heterocycles. The molecule has 0 radical (unpaired) electrons. The van der Waals surface area contributed by atoms with Gasteiger partial charge in [0.05, 0.1) is 21.3 Å². The first-order valence-corrected chi connectivity index (χ1v) is 12.2. The lowest BCUT2D eigenvalue weighted by molar-refractivity contribution is 0.482. The van der Waals surface area contributed by atoms with Crippen molar-refractivity contribution in [2.45, 2.75) is 11.8 Å². The van der Waals surface area contributed by atoms with Crippen LogP contribution in [0, 0.1) is 6.92 Å². The van der Waals surface area contributed by atoms with Crippen molar-refractivity contribution in [3.8, 4) is 5.75 Å². The van der Waals surface area contributed by atoms with Crippen LogP contribution in [0.15, 0.2) is 76.1 Å². The van der Waals surface area contributed by atoms with Crippen LogP contribution in [0.1, 0.15) is 16.8 Å². The lowest BCUT2D eigenvalue weighted by atomic mass is 10.1. The minimum Gasteiger partial charge on any atom is -0.504 e. The Bertz CT molecular complexity index is 1440. The number of hydrogen-bond acceptors (Lipinski definition) is 4. The van der Waals surface area contributed by atoms with Crippen LogP contribution in [-0.2, 0) is 10.0 Å². The van der Waals surface area contributed by atoms with Crippen molar-refractivity contribution in [3.05, 3.63) is 93.0 Å². The average molecular weight is 530 g/mol. The van der Waals surface area contributed by atoms with Gasteiger partial charge in [-0.25, -0.2) is 13.4 Å². The second-order valence-electron chi connectivity index (χ2n) is 7.19. The van der Waals surface area contributed by atoms with Gasteiger partial charge in [-0.15, -0.1) is 0 Å². The molecule has 0 aliphatic heterocycles. The van der Waals surface area contributed by atoms with E-state index in [0.29, 0.717) is 11.1 Å². The summed E-state index contributed by atoms with van der Waals surface area (Å²) in [5.41, 5.74) is 2.68. The molecule has 0 aliphatic rings. The van der Waals surface area contributed by atoms with E-state index in [9.17, 15) is 13.5 Å². The topological polar surface area (TPSA) is 79.3 Å². The number of aryl methyl sites for hydroxylation is 1. The number of nitrogens with zero attached hydrogens (tertiary/aromatic N) is 1. The minimum atomic E-state index is -3.91. The van der Waals surface area contributed by atoms with Crippen molar-refractivity contribution in [3.63, 3.8) is 0 Å². The molecule has 0 spiro atoms. The predicted molar refractivity (Wildman–Crippen MR) is 133 cm³/mol. The summed E-state index contributed by atoms with van der Waals surface area (Å²) < 4.78 is 28.9. The Balaban J connectivity index is 1.71. The molecule has 0 saturated carbocycles. The van der Waals surface area contributed by atoms with Gasteiger partial charge in [0.25, 0.3) is 10.0 Å². The van der Waals surface area contributed by atoms with Crippen molar-refractivity contribution in [2.75, 3.05) is 4.72 Å². The van der Waals surface area contributed by atoms with Gasteiger partial charge >= 0.3 is 0 Å². The predicted octanol–water partition coefficient (Wildman–Crippen LogP) is 6.64. The van der Waals surface area contributed by atoms with Crippen LogP contribution < -0.4 is 4.72 Å². The second-order valence-corrected chi connectivity index (χ2v) is 10.2. The molecule has 4 aromatic rings. The highest BCUT2D eigenvalue weighted by atomic mass is 79.9. The molecule has 5 nitrogen and oxygen atoms in total. The summed E-state index contributed by atoms with van der Waals surface area (Å²) in [5, 5.41) is 11.6. The summed E-state index contributed by atoms with van der Waals surface area (Å²) in [6.07, 6.45) is 3.70. The van der Waals surface area contributed by atoms with Crippen LogP contribution in [-0.4, -0.2) is 18.5 Å². The summed E-state index contributed by atoms with van der Waals surface area (Å²) >= 11 is 9.76. The summed E-state index contributed by atoms with van der Waals surface area (Å²) in [6.45, 7) is 1.87. The summed E-state index contributed by atoms with van der Waals surface area (Å²) in [4.78, 5) is 4.56. The average Bonchev–Trinajstić information content (AvgIpc) is 2.77. The van der Waals surface area contributed by atoms with Gasteiger partial charge < -0.3 is 5.11 Å². The van der Waals surface area contributed by atoms with E-state index in [-0.39, 0.29) is 26.9 Å². The first-order valence-electron chi connectivity index (χ1n) is 9.58. The zero-order chi connectivity index (χ0) is 22.9. The first kappa shape index (κ1) is 22.3. The minimum absolute atomic E-state index is 0.0374. The highest BCUT2D eigenvalue weighted by Crippen LogP contribution is 2.38. The van der Waals surface area contributed by atoms with Crippen LogP contribution in [0.4, 0.5) is 5.69 Å². The van der Waals surface area contributed by atoms with E-state index in [1.807, 2.05) is 37.3 Å². The Morgan fingerprint density at radius 3 is 2.38 bits per heavy atom. The van der Waals surface area contributed by atoms with Crippen molar-refractivity contribution in [1.29, 1.82) is 0 Å². The first-order chi connectivity index (χ1) is 15.2. The maximum atomic E-state index is 12.8. The molecule has 0 saturated heterocycles.